The Hall–Kier alpha value is -2.37. The fraction of sp³-hybridized carbons (Fsp3) is 0.571. The number of rotatable bonds is 7. The first-order valence-corrected chi connectivity index (χ1v) is 9.61. The molecule has 0 radical (unpaired) electrons. The van der Waals surface area contributed by atoms with Crippen molar-refractivity contribution in [3.63, 3.8) is 0 Å². The smallest absolute Gasteiger partial charge is 0.308 e. The third-order valence-electron chi connectivity index (χ3n) is 5.20. The van der Waals surface area contributed by atoms with Crippen molar-refractivity contribution in [3.8, 4) is 0 Å². The molecule has 1 atom stereocenters. The highest BCUT2D eigenvalue weighted by molar-refractivity contribution is 5.85. The van der Waals surface area contributed by atoms with Crippen LogP contribution in [0.3, 0.4) is 0 Å². The minimum atomic E-state index is -0.861. The van der Waals surface area contributed by atoms with E-state index in [1.807, 2.05) is 12.1 Å². The number of carboxylic acids is 1. The van der Waals surface area contributed by atoms with Crippen LogP contribution in [0.5, 0.6) is 0 Å². The van der Waals surface area contributed by atoms with Crippen LogP contribution < -0.4 is 0 Å². The van der Waals surface area contributed by atoms with Gasteiger partial charge in [-0.15, -0.1) is 0 Å². The zero-order valence-corrected chi connectivity index (χ0v) is 16.5. The maximum absolute atomic E-state index is 12.4. The molecule has 1 saturated heterocycles. The summed E-state index contributed by atoms with van der Waals surface area (Å²) in [6.45, 7) is 5.08. The summed E-state index contributed by atoms with van der Waals surface area (Å²) in [7, 11) is 1.63. The quantitative estimate of drug-likeness (QED) is 0.795. The lowest BCUT2D eigenvalue weighted by molar-refractivity contribution is -0.147. The van der Waals surface area contributed by atoms with Gasteiger partial charge in [0.25, 0.3) is 0 Å². The molecule has 1 aliphatic rings. The van der Waals surface area contributed by atoms with E-state index in [-0.39, 0.29) is 24.9 Å². The maximum Gasteiger partial charge on any atom is 0.308 e. The molecule has 1 aromatic carbocycles. The van der Waals surface area contributed by atoms with E-state index < -0.39 is 11.9 Å². The van der Waals surface area contributed by atoms with Crippen LogP contribution in [0.4, 0.5) is 0 Å². The number of carbonyl (C=O) groups is 3. The summed E-state index contributed by atoms with van der Waals surface area (Å²) in [5.41, 5.74) is 2.38. The molecule has 27 heavy (non-hydrogen) atoms. The van der Waals surface area contributed by atoms with Gasteiger partial charge in [-0.05, 0) is 36.3 Å². The van der Waals surface area contributed by atoms with Crippen LogP contribution in [-0.2, 0) is 20.8 Å². The minimum Gasteiger partial charge on any atom is -0.481 e. The van der Waals surface area contributed by atoms with Gasteiger partial charge in [0.2, 0.25) is 11.8 Å². The average molecular weight is 374 g/mol. The van der Waals surface area contributed by atoms with Crippen molar-refractivity contribution in [3.05, 3.63) is 35.4 Å². The summed E-state index contributed by atoms with van der Waals surface area (Å²) >= 11 is 0. The molecule has 148 valence electrons. The number of aliphatic carboxylic acids is 1. The number of piperidine rings is 1. The Morgan fingerprint density at radius 2 is 1.89 bits per heavy atom. The van der Waals surface area contributed by atoms with Gasteiger partial charge in [0, 0.05) is 26.6 Å². The van der Waals surface area contributed by atoms with E-state index in [0.717, 1.165) is 5.56 Å². The number of nitrogens with zero attached hydrogens (tertiary/aromatic N) is 2. The zero-order valence-electron chi connectivity index (χ0n) is 16.5. The van der Waals surface area contributed by atoms with Crippen molar-refractivity contribution in [1.82, 2.24) is 9.80 Å². The number of amides is 2. The molecule has 6 nitrogen and oxygen atoms in total. The van der Waals surface area contributed by atoms with E-state index in [1.54, 1.807) is 11.9 Å². The molecule has 0 saturated carbocycles. The predicted octanol–water partition coefficient (Wildman–Crippen LogP) is 2.52. The molecule has 1 aliphatic heterocycles. The van der Waals surface area contributed by atoms with Crippen LogP contribution in [0.15, 0.2) is 24.3 Å². The van der Waals surface area contributed by atoms with Crippen molar-refractivity contribution >= 4 is 17.8 Å². The Morgan fingerprint density at radius 3 is 2.48 bits per heavy atom. The molecular formula is C21H30N2O4. The monoisotopic (exact) mass is 374 g/mol. The van der Waals surface area contributed by atoms with Crippen molar-refractivity contribution in [1.29, 1.82) is 0 Å². The number of likely N-dealkylation sites (N-methyl/N-ethyl adjacent to an activating group) is 1. The van der Waals surface area contributed by atoms with Gasteiger partial charge >= 0.3 is 5.97 Å². The molecule has 0 aromatic heterocycles. The first-order valence-electron chi connectivity index (χ1n) is 9.61. The number of aryl methyl sites for hydroxylation is 1. The average Bonchev–Trinajstić information content (AvgIpc) is 2.66. The van der Waals surface area contributed by atoms with Gasteiger partial charge in [0.1, 0.15) is 0 Å². The Kier molecular flexibility index (Phi) is 7.39. The standard InChI is InChI=1S/C21H30N2O4/c1-15(2)17-9-6-16(7-10-17)8-11-19(24)22(3)14-20(25)23-12-4-5-18(13-23)21(26)27/h6-7,9-10,15,18H,4-5,8,11-14H2,1-3H3,(H,26,27). The topological polar surface area (TPSA) is 77.9 Å². The number of carboxylic acid groups (broad SMARTS) is 1. The van der Waals surface area contributed by atoms with Crippen molar-refractivity contribution < 1.29 is 19.5 Å². The van der Waals surface area contributed by atoms with Gasteiger partial charge in [0.15, 0.2) is 0 Å². The number of carbonyl (C=O) groups excluding carboxylic acids is 2. The van der Waals surface area contributed by atoms with Crippen molar-refractivity contribution in [2.75, 3.05) is 26.7 Å². The SMILES string of the molecule is CC(C)c1ccc(CCC(=O)N(C)CC(=O)N2CCCC(C(=O)O)C2)cc1. The fourth-order valence-corrected chi connectivity index (χ4v) is 3.31. The second kappa shape index (κ2) is 9.53. The maximum atomic E-state index is 12.4. The van der Waals surface area contributed by atoms with Gasteiger partial charge < -0.3 is 14.9 Å². The van der Waals surface area contributed by atoms with E-state index in [0.29, 0.717) is 38.1 Å². The number of hydrogen-bond donors (Lipinski definition) is 1. The molecule has 2 rings (SSSR count). The summed E-state index contributed by atoms with van der Waals surface area (Å²) in [4.78, 5) is 38.9. The van der Waals surface area contributed by atoms with Crippen LogP contribution in [0.25, 0.3) is 0 Å². The fourth-order valence-electron chi connectivity index (χ4n) is 3.31. The van der Waals surface area contributed by atoms with E-state index in [1.165, 1.54) is 10.5 Å². The number of hydrogen-bond acceptors (Lipinski definition) is 3. The molecular weight excluding hydrogens is 344 g/mol. The third kappa shape index (κ3) is 6.08. The summed E-state index contributed by atoms with van der Waals surface area (Å²) < 4.78 is 0. The Balaban J connectivity index is 1.80. The van der Waals surface area contributed by atoms with Crippen LogP contribution in [0.1, 0.15) is 50.2 Å². The largest absolute Gasteiger partial charge is 0.481 e. The van der Waals surface area contributed by atoms with Crippen molar-refractivity contribution in [2.24, 2.45) is 5.92 Å². The lowest BCUT2D eigenvalue weighted by atomic mass is 9.98. The van der Waals surface area contributed by atoms with Crippen LogP contribution >= 0.6 is 0 Å². The van der Waals surface area contributed by atoms with E-state index in [2.05, 4.69) is 26.0 Å². The summed E-state index contributed by atoms with van der Waals surface area (Å²) in [5.74, 6) is -1.15. The van der Waals surface area contributed by atoms with E-state index in [9.17, 15) is 14.4 Å². The predicted molar refractivity (Wildman–Crippen MR) is 103 cm³/mol. The second-order valence-electron chi connectivity index (χ2n) is 7.66. The van der Waals surface area contributed by atoms with Crippen molar-refractivity contribution in [2.45, 2.75) is 45.4 Å². The molecule has 0 aliphatic carbocycles. The normalized spacial score (nSPS) is 17.0. The van der Waals surface area contributed by atoms with E-state index in [4.69, 9.17) is 5.11 Å². The molecule has 1 fully saturated rings. The summed E-state index contributed by atoms with van der Waals surface area (Å²) in [6, 6.07) is 8.28. The highest BCUT2D eigenvalue weighted by atomic mass is 16.4. The lowest BCUT2D eigenvalue weighted by Gasteiger charge is -2.32. The molecule has 2 amide bonds. The van der Waals surface area contributed by atoms with Gasteiger partial charge in [-0.1, -0.05) is 38.1 Å². The Bertz CT molecular complexity index is 669. The van der Waals surface area contributed by atoms with Crippen LogP contribution in [-0.4, -0.2) is 59.4 Å². The first-order chi connectivity index (χ1) is 12.8. The lowest BCUT2D eigenvalue weighted by Crippen LogP contribution is -2.46. The minimum absolute atomic E-state index is 0.00252. The number of benzene rings is 1. The molecule has 1 heterocycles. The third-order valence-corrected chi connectivity index (χ3v) is 5.20. The molecule has 6 heteroatoms. The highest BCUT2D eigenvalue weighted by Crippen LogP contribution is 2.17. The molecule has 1 unspecified atom stereocenters. The summed E-state index contributed by atoms with van der Waals surface area (Å²) in [6.07, 6.45) is 2.28. The van der Waals surface area contributed by atoms with Gasteiger partial charge in [-0.25, -0.2) is 0 Å². The van der Waals surface area contributed by atoms with Crippen LogP contribution in [0, 0.1) is 5.92 Å². The highest BCUT2D eigenvalue weighted by Gasteiger charge is 2.28. The zero-order chi connectivity index (χ0) is 20.0. The summed E-state index contributed by atoms with van der Waals surface area (Å²) in [5, 5.41) is 9.13. The second-order valence-corrected chi connectivity index (χ2v) is 7.66. The van der Waals surface area contributed by atoms with Gasteiger partial charge in [-0.2, -0.15) is 0 Å². The Labute approximate surface area is 161 Å². The van der Waals surface area contributed by atoms with Gasteiger partial charge in [0.05, 0.1) is 12.5 Å². The molecule has 1 N–H and O–H groups in total. The molecule has 0 spiro atoms. The van der Waals surface area contributed by atoms with E-state index >= 15 is 0 Å². The molecule has 1 aromatic rings. The van der Waals surface area contributed by atoms with Gasteiger partial charge in [-0.3, -0.25) is 14.4 Å². The first kappa shape index (κ1) is 20.9. The van der Waals surface area contributed by atoms with Crippen LogP contribution in [0.2, 0.25) is 0 Å². The molecule has 0 bridgehead atoms. The number of likely N-dealkylation sites (tertiary alicyclic amines) is 1. The Morgan fingerprint density at radius 1 is 1.22 bits per heavy atom.